The highest BCUT2D eigenvalue weighted by atomic mass is 79.9. The molecule has 0 radical (unpaired) electrons. The number of nitro benzene ring substituents is 1. The lowest BCUT2D eigenvalue weighted by molar-refractivity contribution is -0.384. The Bertz CT molecular complexity index is 668. The third-order valence-electron chi connectivity index (χ3n) is 2.47. The van der Waals surface area contributed by atoms with Crippen LogP contribution in [0.3, 0.4) is 0 Å². The van der Waals surface area contributed by atoms with Crippen molar-refractivity contribution < 1.29 is 14.5 Å². The maximum atomic E-state index is 11.6. The number of nitrogens with zero attached hydrogens (tertiary/aromatic N) is 3. The molecule has 0 aliphatic heterocycles. The Morgan fingerprint density at radius 2 is 2.30 bits per heavy atom. The van der Waals surface area contributed by atoms with Crippen molar-refractivity contribution in [3.05, 3.63) is 50.7 Å². The first-order chi connectivity index (χ1) is 9.52. The number of ether oxygens (including phenoxy) is 1. The molecule has 0 saturated heterocycles. The quantitative estimate of drug-likeness (QED) is 0.485. The van der Waals surface area contributed by atoms with E-state index in [9.17, 15) is 14.9 Å². The van der Waals surface area contributed by atoms with Crippen molar-refractivity contribution in [1.29, 1.82) is 0 Å². The number of aromatic nitrogens is 2. The van der Waals surface area contributed by atoms with Gasteiger partial charge in [-0.1, -0.05) is 15.9 Å². The van der Waals surface area contributed by atoms with Crippen LogP contribution in [0, 0.1) is 10.1 Å². The molecular weight excluding hydrogens is 330 g/mol. The molecule has 8 heteroatoms. The fourth-order valence-corrected chi connectivity index (χ4v) is 1.96. The van der Waals surface area contributed by atoms with E-state index in [2.05, 4.69) is 21.0 Å². The number of rotatable bonds is 4. The van der Waals surface area contributed by atoms with Gasteiger partial charge < -0.3 is 4.74 Å². The molecule has 1 heterocycles. The Balaban J connectivity index is 2.44. The van der Waals surface area contributed by atoms with Gasteiger partial charge in [-0.25, -0.2) is 9.48 Å². The highest BCUT2D eigenvalue weighted by molar-refractivity contribution is 9.10. The van der Waals surface area contributed by atoms with Gasteiger partial charge in [0.1, 0.15) is 5.69 Å². The molecule has 0 bridgehead atoms. The summed E-state index contributed by atoms with van der Waals surface area (Å²) < 4.78 is 6.79. The number of hydrogen-bond donors (Lipinski definition) is 0. The molecule has 2 rings (SSSR count). The number of nitro groups is 1. The fraction of sp³-hybridized carbons (Fsp3) is 0.167. The molecule has 0 N–H and O–H groups in total. The lowest BCUT2D eigenvalue weighted by atomic mass is 10.2. The van der Waals surface area contributed by atoms with Gasteiger partial charge in [-0.3, -0.25) is 10.1 Å². The lowest BCUT2D eigenvalue weighted by Crippen LogP contribution is -2.04. The van der Waals surface area contributed by atoms with Crippen molar-refractivity contribution in [2.45, 2.75) is 6.92 Å². The number of hydrogen-bond acceptors (Lipinski definition) is 5. The number of benzene rings is 1. The van der Waals surface area contributed by atoms with Crippen LogP contribution in [-0.4, -0.2) is 27.3 Å². The maximum absolute atomic E-state index is 11.6. The van der Waals surface area contributed by atoms with Crippen molar-refractivity contribution in [3.8, 4) is 5.69 Å². The molecule has 7 nitrogen and oxygen atoms in total. The van der Waals surface area contributed by atoms with E-state index in [4.69, 9.17) is 4.74 Å². The number of carbonyl (C=O) groups excluding carboxylic acids is 1. The first kappa shape index (κ1) is 14.2. The number of carbonyl (C=O) groups is 1. The van der Waals surface area contributed by atoms with Gasteiger partial charge in [0.2, 0.25) is 0 Å². The van der Waals surface area contributed by atoms with Crippen LogP contribution in [0.4, 0.5) is 5.69 Å². The summed E-state index contributed by atoms with van der Waals surface area (Å²) in [5.41, 5.74) is 0.396. The summed E-state index contributed by atoms with van der Waals surface area (Å²) in [5, 5.41) is 15.0. The Hall–Kier alpha value is -2.22. The standard InChI is InChI=1S/C12H10BrN3O4/c1-2-20-12(17)8-6-14-15(7-8)11-5-9(13)3-4-10(11)16(18)19/h3-7H,2H2,1H3. The molecule has 20 heavy (non-hydrogen) atoms. The summed E-state index contributed by atoms with van der Waals surface area (Å²) in [7, 11) is 0. The second-order valence-corrected chi connectivity index (χ2v) is 4.70. The van der Waals surface area contributed by atoms with E-state index in [1.165, 1.54) is 23.1 Å². The highest BCUT2D eigenvalue weighted by Gasteiger charge is 2.18. The fourth-order valence-electron chi connectivity index (χ4n) is 1.61. The molecular formula is C12H10BrN3O4. The van der Waals surface area contributed by atoms with Gasteiger partial charge in [0.15, 0.2) is 0 Å². The van der Waals surface area contributed by atoms with Crippen LogP contribution in [0.2, 0.25) is 0 Å². The largest absolute Gasteiger partial charge is 0.462 e. The molecule has 0 fully saturated rings. The van der Waals surface area contributed by atoms with Gasteiger partial charge in [-0.05, 0) is 19.1 Å². The predicted octanol–water partition coefficient (Wildman–Crippen LogP) is 2.72. The minimum atomic E-state index is -0.517. The van der Waals surface area contributed by atoms with Gasteiger partial charge in [-0.15, -0.1) is 0 Å². The lowest BCUT2D eigenvalue weighted by Gasteiger charge is -2.03. The molecule has 0 spiro atoms. The van der Waals surface area contributed by atoms with E-state index in [0.717, 1.165) is 0 Å². The molecule has 0 amide bonds. The molecule has 1 aromatic heterocycles. The van der Waals surface area contributed by atoms with Crippen molar-refractivity contribution in [2.24, 2.45) is 0 Å². The first-order valence-corrected chi connectivity index (χ1v) is 6.48. The molecule has 0 aliphatic rings. The normalized spacial score (nSPS) is 10.3. The Labute approximate surface area is 122 Å². The minimum absolute atomic E-state index is 0.105. The molecule has 0 saturated carbocycles. The van der Waals surface area contributed by atoms with E-state index in [0.29, 0.717) is 4.47 Å². The van der Waals surface area contributed by atoms with Crippen molar-refractivity contribution in [1.82, 2.24) is 9.78 Å². The summed E-state index contributed by atoms with van der Waals surface area (Å²) in [6.45, 7) is 1.95. The summed E-state index contributed by atoms with van der Waals surface area (Å²) in [5.74, 6) is -0.517. The zero-order valence-corrected chi connectivity index (χ0v) is 12.0. The van der Waals surface area contributed by atoms with Crippen LogP contribution in [0.1, 0.15) is 17.3 Å². The van der Waals surface area contributed by atoms with Crippen LogP contribution < -0.4 is 0 Å². The van der Waals surface area contributed by atoms with Gasteiger partial charge >= 0.3 is 5.97 Å². The van der Waals surface area contributed by atoms with Crippen LogP contribution in [0.25, 0.3) is 5.69 Å². The van der Waals surface area contributed by atoms with E-state index in [1.807, 2.05) is 0 Å². The Kier molecular flexibility index (Phi) is 4.14. The maximum Gasteiger partial charge on any atom is 0.341 e. The van der Waals surface area contributed by atoms with Gasteiger partial charge in [0, 0.05) is 16.7 Å². The number of halogens is 1. The summed E-state index contributed by atoms with van der Waals surface area (Å²) in [4.78, 5) is 22.1. The topological polar surface area (TPSA) is 87.3 Å². The van der Waals surface area contributed by atoms with Crippen LogP contribution >= 0.6 is 15.9 Å². The summed E-state index contributed by atoms with van der Waals surface area (Å²) in [6.07, 6.45) is 2.70. The molecule has 104 valence electrons. The van der Waals surface area contributed by atoms with Gasteiger partial charge in [-0.2, -0.15) is 5.10 Å². The second-order valence-electron chi connectivity index (χ2n) is 3.78. The smallest absolute Gasteiger partial charge is 0.341 e. The average molecular weight is 340 g/mol. The summed E-state index contributed by atoms with van der Waals surface area (Å²) in [6, 6.07) is 4.49. The van der Waals surface area contributed by atoms with Gasteiger partial charge in [0.05, 0.1) is 23.3 Å². The molecule has 0 aliphatic carbocycles. The third kappa shape index (κ3) is 2.85. The van der Waals surface area contributed by atoms with Crippen molar-refractivity contribution >= 4 is 27.6 Å². The van der Waals surface area contributed by atoms with E-state index in [-0.39, 0.29) is 23.5 Å². The predicted molar refractivity (Wildman–Crippen MR) is 73.9 cm³/mol. The molecule has 0 atom stereocenters. The van der Waals surface area contributed by atoms with E-state index >= 15 is 0 Å². The Morgan fingerprint density at radius 1 is 1.55 bits per heavy atom. The number of esters is 1. The molecule has 2 aromatic rings. The van der Waals surface area contributed by atoms with Gasteiger partial charge in [0.25, 0.3) is 5.69 Å². The van der Waals surface area contributed by atoms with E-state index in [1.54, 1.807) is 19.1 Å². The zero-order chi connectivity index (χ0) is 14.7. The second kappa shape index (κ2) is 5.83. The Morgan fingerprint density at radius 3 is 2.95 bits per heavy atom. The van der Waals surface area contributed by atoms with E-state index < -0.39 is 10.9 Å². The van der Waals surface area contributed by atoms with Crippen LogP contribution in [-0.2, 0) is 4.74 Å². The third-order valence-corrected chi connectivity index (χ3v) is 2.97. The molecule has 1 aromatic carbocycles. The molecule has 0 unspecified atom stereocenters. The van der Waals surface area contributed by atoms with Crippen molar-refractivity contribution in [2.75, 3.05) is 6.61 Å². The average Bonchev–Trinajstić information content (AvgIpc) is 2.88. The zero-order valence-electron chi connectivity index (χ0n) is 10.4. The summed E-state index contributed by atoms with van der Waals surface area (Å²) >= 11 is 3.25. The van der Waals surface area contributed by atoms with Crippen molar-refractivity contribution in [3.63, 3.8) is 0 Å². The SMILES string of the molecule is CCOC(=O)c1cnn(-c2cc(Br)ccc2[N+](=O)[O-])c1. The van der Waals surface area contributed by atoms with Crippen LogP contribution in [0.15, 0.2) is 35.1 Å². The first-order valence-electron chi connectivity index (χ1n) is 5.69. The van der Waals surface area contributed by atoms with Crippen LogP contribution in [0.5, 0.6) is 0 Å². The monoisotopic (exact) mass is 339 g/mol. The minimum Gasteiger partial charge on any atom is -0.462 e. The highest BCUT2D eigenvalue weighted by Crippen LogP contribution is 2.26.